The molecule has 3 heterocycles. The van der Waals surface area contributed by atoms with Gasteiger partial charge in [0.1, 0.15) is 5.82 Å². The molecule has 29 heavy (non-hydrogen) atoms. The molecule has 1 aromatic carbocycles. The highest BCUT2D eigenvalue weighted by Gasteiger charge is 2.26. The number of carbonyl (C=O) groups excluding carboxylic acids is 1. The number of morpholine rings is 1. The second-order valence-electron chi connectivity index (χ2n) is 6.21. The number of hydrogen-bond acceptors (Lipinski definition) is 8. The van der Waals surface area contributed by atoms with Gasteiger partial charge in [0.15, 0.2) is 5.69 Å². The van der Waals surface area contributed by atoms with Gasteiger partial charge in [0.05, 0.1) is 18.9 Å². The van der Waals surface area contributed by atoms with Gasteiger partial charge in [-0.2, -0.15) is 14.8 Å². The van der Waals surface area contributed by atoms with E-state index in [0.717, 1.165) is 21.4 Å². The van der Waals surface area contributed by atoms with Gasteiger partial charge in [0, 0.05) is 20.1 Å². The van der Waals surface area contributed by atoms with Crippen LogP contribution in [-0.4, -0.2) is 61.6 Å². The number of halogens is 1. The molecule has 12 heteroatoms. The third-order valence-electron chi connectivity index (χ3n) is 4.37. The van der Waals surface area contributed by atoms with Crippen molar-refractivity contribution in [2.75, 3.05) is 26.3 Å². The molecule has 0 radical (unpaired) electrons. The van der Waals surface area contributed by atoms with Crippen molar-refractivity contribution in [2.24, 2.45) is 7.05 Å². The normalized spacial score (nSPS) is 14.2. The molecule has 0 bridgehead atoms. The van der Waals surface area contributed by atoms with Gasteiger partial charge in [-0.25, -0.2) is 9.18 Å². The van der Waals surface area contributed by atoms with Gasteiger partial charge in [-0.3, -0.25) is 14.2 Å². The third-order valence-corrected chi connectivity index (χ3v) is 4.37. The quantitative estimate of drug-likeness (QED) is 0.579. The van der Waals surface area contributed by atoms with Crippen LogP contribution in [0.25, 0.3) is 17.2 Å². The highest BCUT2D eigenvalue weighted by atomic mass is 19.1. The fourth-order valence-corrected chi connectivity index (χ4v) is 2.77. The Morgan fingerprint density at radius 3 is 2.52 bits per heavy atom. The molecule has 3 aromatic rings. The van der Waals surface area contributed by atoms with Crippen LogP contribution in [-0.2, 0) is 11.8 Å². The van der Waals surface area contributed by atoms with Crippen molar-refractivity contribution >= 4 is 5.91 Å². The number of amides is 1. The first-order valence-electron chi connectivity index (χ1n) is 8.63. The smallest absolute Gasteiger partial charge is 0.351 e. The standard InChI is InChI=1S/C17H15FN6O5/c1-22-15(25)12(20-24(17(22)27)11-4-2-10(18)3-5-11)13-19-14(29-21-13)16(26)23-6-8-28-9-7-23/h2-5H,6-9H2,1H3. The first-order chi connectivity index (χ1) is 14.0. The van der Waals surface area contributed by atoms with Crippen molar-refractivity contribution in [2.45, 2.75) is 0 Å². The number of rotatable bonds is 3. The lowest BCUT2D eigenvalue weighted by Crippen LogP contribution is -2.41. The van der Waals surface area contributed by atoms with Gasteiger partial charge in [-0.05, 0) is 24.3 Å². The lowest BCUT2D eigenvalue weighted by atomic mass is 10.3. The number of aromatic nitrogens is 5. The Kier molecular flexibility index (Phi) is 4.76. The molecule has 0 atom stereocenters. The van der Waals surface area contributed by atoms with Crippen molar-refractivity contribution in [3.05, 3.63) is 56.8 Å². The molecule has 1 aliphatic heterocycles. The van der Waals surface area contributed by atoms with E-state index < -0.39 is 23.0 Å². The van der Waals surface area contributed by atoms with Crippen molar-refractivity contribution in [1.29, 1.82) is 0 Å². The summed E-state index contributed by atoms with van der Waals surface area (Å²) in [6, 6.07) is 4.98. The molecule has 0 spiro atoms. The van der Waals surface area contributed by atoms with Crippen LogP contribution >= 0.6 is 0 Å². The summed E-state index contributed by atoms with van der Waals surface area (Å²) in [4.78, 5) is 42.8. The predicted octanol–water partition coefficient (Wildman–Crippen LogP) is -0.407. The maximum Gasteiger partial charge on any atom is 0.351 e. The summed E-state index contributed by atoms with van der Waals surface area (Å²) in [7, 11) is 1.26. The van der Waals surface area contributed by atoms with E-state index in [-0.39, 0.29) is 23.1 Å². The summed E-state index contributed by atoms with van der Waals surface area (Å²) >= 11 is 0. The zero-order valence-electron chi connectivity index (χ0n) is 15.2. The second-order valence-corrected chi connectivity index (χ2v) is 6.21. The van der Waals surface area contributed by atoms with Crippen molar-refractivity contribution in [3.8, 4) is 17.2 Å². The van der Waals surface area contributed by atoms with Crippen LogP contribution in [0.2, 0.25) is 0 Å². The molecular weight excluding hydrogens is 387 g/mol. The highest BCUT2D eigenvalue weighted by Crippen LogP contribution is 2.12. The van der Waals surface area contributed by atoms with Gasteiger partial charge in [0.2, 0.25) is 5.82 Å². The largest absolute Gasteiger partial charge is 0.378 e. The molecule has 4 rings (SSSR count). The van der Waals surface area contributed by atoms with Crippen molar-refractivity contribution in [1.82, 2.24) is 29.4 Å². The Morgan fingerprint density at radius 2 is 1.83 bits per heavy atom. The maximum atomic E-state index is 13.2. The Labute approximate surface area is 161 Å². The number of nitrogens with zero attached hydrogens (tertiary/aromatic N) is 6. The zero-order valence-corrected chi connectivity index (χ0v) is 15.2. The minimum absolute atomic E-state index is 0.237. The lowest BCUT2D eigenvalue weighted by Gasteiger charge is -2.25. The summed E-state index contributed by atoms with van der Waals surface area (Å²) in [6.07, 6.45) is 0. The van der Waals surface area contributed by atoms with E-state index in [2.05, 4.69) is 15.2 Å². The molecule has 0 N–H and O–H groups in total. The summed E-state index contributed by atoms with van der Waals surface area (Å²) in [5.41, 5.74) is -1.56. The van der Waals surface area contributed by atoms with Crippen LogP contribution in [0.5, 0.6) is 0 Å². The van der Waals surface area contributed by atoms with Gasteiger partial charge in [0.25, 0.3) is 5.56 Å². The average molecular weight is 402 g/mol. The molecule has 150 valence electrons. The van der Waals surface area contributed by atoms with Gasteiger partial charge in [-0.1, -0.05) is 5.16 Å². The first-order valence-corrected chi connectivity index (χ1v) is 8.63. The fraction of sp³-hybridized carbons (Fsp3) is 0.294. The summed E-state index contributed by atoms with van der Waals surface area (Å²) in [5.74, 6) is -1.52. The van der Waals surface area contributed by atoms with E-state index >= 15 is 0 Å². The Hall–Kier alpha value is -3.67. The van der Waals surface area contributed by atoms with Crippen LogP contribution in [0.15, 0.2) is 38.4 Å². The molecule has 1 saturated heterocycles. The van der Waals surface area contributed by atoms with E-state index in [4.69, 9.17) is 9.26 Å². The fourth-order valence-electron chi connectivity index (χ4n) is 2.77. The lowest BCUT2D eigenvalue weighted by molar-refractivity contribution is 0.0272. The zero-order chi connectivity index (χ0) is 20.5. The van der Waals surface area contributed by atoms with Gasteiger partial charge in [-0.15, -0.1) is 0 Å². The van der Waals surface area contributed by atoms with Crippen LogP contribution < -0.4 is 11.2 Å². The van der Waals surface area contributed by atoms with Crippen LogP contribution in [0, 0.1) is 5.82 Å². The van der Waals surface area contributed by atoms with E-state index in [1.54, 1.807) is 0 Å². The molecule has 1 fully saturated rings. The number of benzene rings is 1. The minimum Gasteiger partial charge on any atom is -0.378 e. The Morgan fingerprint density at radius 1 is 1.14 bits per heavy atom. The predicted molar refractivity (Wildman–Crippen MR) is 95.0 cm³/mol. The monoisotopic (exact) mass is 402 g/mol. The topological polar surface area (TPSA) is 125 Å². The third kappa shape index (κ3) is 3.45. The van der Waals surface area contributed by atoms with Crippen LogP contribution in [0.3, 0.4) is 0 Å². The molecule has 1 amide bonds. The number of hydrogen-bond donors (Lipinski definition) is 0. The molecule has 1 aliphatic rings. The molecule has 11 nitrogen and oxygen atoms in total. The van der Waals surface area contributed by atoms with Crippen molar-refractivity contribution in [3.63, 3.8) is 0 Å². The summed E-state index contributed by atoms with van der Waals surface area (Å²) in [6.45, 7) is 1.56. The summed E-state index contributed by atoms with van der Waals surface area (Å²) in [5, 5.41) is 7.67. The van der Waals surface area contributed by atoms with Crippen molar-refractivity contribution < 1.29 is 18.4 Å². The molecular formula is C17H15FN6O5. The van der Waals surface area contributed by atoms with E-state index in [0.29, 0.717) is 26.3 Å². The van der Waals surface area contributed by atoms with Crippen LogP contribution in [0.4, 0.5) is 4.39 Å². The van der Waals surface area contributed by atoms with E-state index in [9.17, 15) is 18.8 Å². The average Bonchev–Trinajstić information content (AvgIpc) is 3.23. The van der Waals surface area contributed by atoms with Gasteiger partial charge < -0.3 is 14.2 Å². The minimum atomic E-state index is -0.764. The SMILES string of the molecule is Cn1c(=O)c(-c2noc(C(=O)N3CCOCC3)n2)nn(-c2ccc(F)cc2)c1=O. The van der Waals surface area contributed by atoms with E-state index in [1.807, 2.05) is 0 Å². The molecule has 2 aromatic heterocycles. The number of carbonyl (C=O) groups is 1. The Bertz CT molecular complexity index is 1180. The Balaban J connectivity index is 1.75. The summed E-state index contributed by atoms with van der Waals surface area (Å²) < 4.78 is 25.1. The van der Waals surface area contributed by atoms with E-state index in [1.165, 1.54) is 24.1 Å². The molecule has 0 unspecified atom stereocenters. The number of ether oxygens (including phenoxy) is 1. The molecule has 0 saturated carbocycles. The van der Waals surface area contributed by atoms with Gasteiger partial charge >= 0.3 is 17.5 Å². The first kappa shape index (κ1) is 18.7. The highest BCUT2D eigenvalue weighted by molar-refractivity contribution is 5.90. The molecule has 0 aliphatic carbocycles. The maximum absolute atomic E-state index is 13.2. The second kappa shape index (κ2) is 7.39. The van der Waals surface area contributed by atoms with Crippen LogP contribution in [0.1, 0.15) is 10.7 Å².